The summed E-state index contributed by atoms with van der Waals surface area (Å²) in [5, 5.41) is 0. The van der Waals surface area contributed by atoms with Gasteiger partial charge in [-0.15, -0.1) is 12.4 Å². The van der Waals surface area contributed by atoms with Gasteiger partial charge in [0.25, 0.3) is 0 Å². The van der Waals surface area contributed by atoms with Crippen LogP contribution in [0.1, 0.15) is 0 Å². The van der Waals surface area contributed by atoms with Gasteiger partial charge < -0.3 is 5.73 Å². The third-order valence-electron chi connectivity index (χ3n) is 0.751. The van der Waals surface area contributed by atoms with Crippen LogP contribution in [0.25, 0.3) is 0 Å². The average Bonchev–Trinajstić information content (AvgIpc) is 1.64. The molecule has 4 heteroatoms. The molecule has 0 bridgehead atoms. The molecule has 1 aromatic rings. The molecule has 0 aliphatic heterocycles. The highest BCUT2D eigenvalue weighted by molar-refractivity contribution is 5.85. The molecular formula is C5H6ClFN2. The third-order valence-corrected chi connectivity index (χ3v) is 0.751. The van der Waals surface area contributed by atoms with Crippen molar-refractivity contribution < 1.29 is 4.39 Å². The maximum atomic E-state index is 12.0. The summed E-state index contributed by atoms with van der Waals surface area (Å²) in [6.45, 7) is 0. The Hall–Kier alpha value is -0.830. The van der Waals surface area contributed by atoms with Gasteiger partial charge in [0, 0.05) is 18.0 Å². The standard InChI is InChI=1S/C5H5FN2.ClH/c6-5-3-4(7)1-2-8-5;/h1-3H,(H2,7,8);1H. The Morgan fingerprint density at radius 2 is 2.22 bits per heavy atom. The van der Waals surface area contributed by atoms with Crippen LogP contribution < -0.4 is 5.73 Å². The fraction of sp³-hybridized carbons (Fsp3) is 0. The molecule has 0 fully saturated rings. The molecule has 0 amide bonds. The lowest BCUT2D eigenvalue weighted by Crippen LogP contribution is -1.86. The first-order valence-electron chi connectivity index (χ1n) is 2.16. The SMILES string of the molecule is Cl.Nc1ccnc(F)c1. The van der Waals surface area contributed by atoms with Gasteiger partial charge in [-0.2, -0.15) is 4.39 Å². The molecule has 0 spiro atoms. The van der Waals surface area contributed by atoms with Crippen LogP contribution in [0.2, 0.25) is 0 Å². The monoisotopic (exact) mass is 148 g/mol. The van der Waals surface area contributed by atoms with E-state index in [1.165, 1.54) is 18.3 Å². The van der Waals surface area contributed by atoms with Gasteiger partial charge in [0.05, 0.1) is 0 Å². The second kappa shape index (κ2) is 3.25. The predicted molar refractivity (Wildman–Crippen MR) is 35.9 cm³/mol. The molecule has 0 atom stereocenters. The van der Waals surface area contributed by atoms with Gasteiger partial charge in [-0.25, -0.2) is 4.98 Å². The van der Waals surface area contributed by atoms with Crippen molar-refractivity contribution >= 4 is 18.1 Å². The molecule has 0 aliphatic carbocycles. The molecule has 2 N–H and O–H groups in total. The van der Waals surface area contributed by atoms with Gasteiger partial charge >= 0.3 is 0 Å². The zero-order valence-corrected chi connectivity index (χ0v) is 5.36. The van der Waals surface area contributed by atoms with Gasteiger partial charge in [0.15, 0.2) is 0 Å². The van der Waals surface area contributed by atoms with Crippen molar-refractivity contribution in [3.63, 3.8) is 0 Å². The van der Waals surface area contributed by atoms with Crippen molar-refractivity contribution in [2.75, 3.05) is 5.73 Å². The molecule has 0 saturated heterocycles. The first-order valence-corrected chi connectivity index (χ1v) is 2.16. The second-order valence-corrected chi connectivity index (χ2v) is 1.41. The summed E-state index contributed by atoms with van der Waals surface area (Å²) in [5.74, 6) is -0.537. The molecule has 0 unspecified atom stereocenters. The average molecular weight is 149 g/mol. The number of nitrogens with two attached hydrogens (primary N) is 1. The maximum Gasteiger partial charge on any atom is 0.214 e. The van der Waals surface area contributed by atoms with Crippen LogP contribution in [0.4, 0.5) is 10.1 Å². The number of nitrogen functional groups attached to an aromatic ring is 1. The lowest BCUT2D eigenvalue weighted by Gasteiger charge is -1.87. The van der Waals surface area contributed by atoms with Crippen molar-refractivity contribution in [3.8, 4) is 0 Å². The molecule has 50 valence electrons. The molecule has 0 aromatic carbocycles. The maximum absolute atomic E-state index is 12.0. The van der Waals surface area contributed by atoms with Crippen molar-refractivity contribution in [1.29, 1.82) is 0 Å². The van der Waals surface area contributed by atoms with E-state index >= 15 is 0 Å². The number of pyridine rings is 1. The van der Waals surface area contributed by atoms with Crippen LogP contribution in [0, 0.1) is 5.95 Å². The van der Waals surface area contributed by atoms with E-state index in [1.807, 2.05) is 0 Å². The molecule has 0 radical (unpaired) electrons. The number of hydrogen-bond donors (Lipinski definition) is 1. The predicted octanol–water partition coefficient (Wildman–Crippen LogP) is 1.22. The smallest absolute Gasteiger partial charge is 0.214 e. The summed E-state index contributed by atoms with van der Waals surface area (Å²) in [7, 11) is 0. The minimum atomic E-state index is -0.537. The van der Waals surface area contributed by atoms with E-state index < -0.39 is 5.95 Å². The first-order chi connectivity index (χ1) is 3.79. The van der Waals surface area contributed by atoms with E-state index in [9.17, 15) is 4.39 Å². The van der Waals surface area contributed by atoms with Crippen LogP contribution >= 0.6 is 12.4 Å². The van der Waals surface area contributed by atoms with Crippen LogP contribution in [0.15, 0.2) is 18.3 Å². The summed E-state index contributed by atoms with van der Waals surface area (Å²) >= 11 is 0. The number of rotatable bonds is 0. The van der Waals surface area contributed by atoms with Gasteiger partial charge in [-0.05, 0) is 6.07 Å². The van der Waals surface area contributed by atoms with Crippen LogP contribution in [-0.4, -0.2) is 4.98 Å². The molecule has 1 rings (SSSR count). The molecule has 1 aromatic heterocycles. The first kappa shape index (κ1) is 8.17. The highest BCUT2D eigenvalue weighted by Crippen LogP contribution is 1.98. The Morgan fingerprint density at radius 3 is 2.56 bits per heavy atom. The van der Waals surface area contributed by atoms with Crippen molar-refractivity contribution in [3.05, 3.63) is 24.3 Å². The van der Waals surface area contributed by atoms with E-state index in [-0.39, 0.29) is 12.4 Å². The van der Waals surface area contributed by atoms with E-state index in [0.717, 1.165) is 0 Å². The Bertz CT molecular complexity index is 175. The lowest BCUT2D eigenvalue weighted by molar-refractivity contribution is 0.584. The van der Waals surface area contributed by atoms with Gasteiger partial charge in [0.1, 0.15) is 0 Å². The zero-order chi connectivity index (χ0) is 5.98. The van der Waals surface area contributed by atoms with Gasteiger partial charge in [-0.1, -0.05) is 0 Å². The summed E-state index contributed by atoms with van der Waals surface area (Å²) < 4.78 is 12.0. The topological polar surface area (TPSA) is 38.9 Å². The molecule has 1 heterocycles. The quantitative estimate of drug-likeness (QED) is 0.562. The highest BCUT2D eigenvalue weighted by atomic mass is 35.5. The molecule has 2 nitrogen and oxygen atoms in total. The van der Waals surface area contributed by atoms with Gasteiger partial charge in [-0.3, -0.25) is 0 Å². The van der Waals surface area contributed by atoms with Crippen molar-refractivity contribution in [1.82, 2.24) is 4.98 Å². The Labute approximate surface area is 58.3 Å². The zero-order valence-electron chi connectivity index (χ0n) is 4.54. The molecule has 9 heavy (non-hydrogen) atoms. The second-order valence-electron chi connectivity index (χ2n) is 1.41. The molecular weight excluding hydrogens is 143 g/mol. The molecule has 0 aliphatic rings. The number of halogens is 2. The Morgan fingerprint density at radius 1 is 1.56 bits per heavy atom. The van der Waals surface area contributed by atoms with Crippen molar-refractivity contribution in [2.45, 2.75) is 0 Å². The highest BCUT2D eigenvalue weighted by Gasteiger charge is 1.86. The summed E-state index contributed by atoms with van der Waals surface area (Å²) in [6, 6.07) is 2.70. The minimum absolute atomic E-state index is 0. The van der Waals surface area contributed by atoms with E-state index in [2.05, 4.69) is 4.98 Å². The number of hydrogen-bond acceptors (Lipinski definition) is 2. The van der Waals surface area contributed by atoms with E-state index in [4.69, 9.17) is 5.73 Å². The van der Waals surface area contributed by atoms with E-state index in [0.29, 0.717) is 5.69 Å². The minimum Gasteiger partial charge on any atom is -0.399 e. The van der Waals surface area contributed by atoms with Crippen molar-refractivity contribution in [2.24, 2.45) is 0 Å². The summed E-state index contributed by atoms with van der Waals surface area (Å²) in [5.41, 5.74) is 5.58. The normalized spacial score (nSPS) is 8.11. The largest absolute Gasteiger partial charge is 0.399 e. The van der Waals surface area contributed by atoms with E-state index in [1.54, 1.807) is 0 Å². The fourth-order valence-corrected chi connectivity index (χ4v) is 0.417. The van der Waals surface area contributed by atoms with Crippen LogP contribution in [0.3, 0.4) is 0 Å². The summed E-state index contributed by atoms with van der Waals surface area (Å²) in [4.78, 5) is 3.29. The third kappa shape index (κ3) is 2.28. The van der Waals surface area contributed by atoms with Gasteiger partial charge in [0.2, 0.25) is 5.95 Å². The molecule has 0 saturated carbocycles. The van der Waals surface area contributed by atoms with Crippen LogP contribution in [-0.2, 0) is 0 Å². The Kier molecular flexibility index (Phi) is 2.95. The number of nitrogens with zero attached hydrogens (tertiary/aromatic N) is 1. The van der Waals surface area contributed by atoms with Crippen LogP contribution in [0.5, 0.6) is 0 Å². The lowest BCUT2D eigenvalue weighted by atomic mass is 10.4. The Balaban J connectivity index is 0.000000640. The number of aromatic nitrogens is 1. The fourth-order valence-electron chi connectivity index (χ4n) is 0.417. The number of anilines is 1. The summed E-state index contributed by atoms with van der Waals surface area (Å²) in [6.07, 6.45) is 1.32.